The second-order valence-corrected chi connectivity index (χ2v) is 7.49. The van der Waals surface area contributed by atoms with E-state index in [4.69, 9.17) is 9.47 Å². The molecule has 3 rings (SSSR count). The molecule has 0 bridgehead atoms. The van der Waals surface area contributed by atoms with Crippen LogP contribution in [0, 0.1) is 25.7 Å². The number of benzene rings is 2. The SMILES string of the molecule is COc1ccc(CCNC(=O)C2CC2C(=O)Nc2ccc(C)cc2C)cc1OC. The maximum absolute atomic E-state index is 12.4. The summed E-state index contributed by atoms with van der Waals surface area (Å²) in [6.45, 7) is 4.49. The second kappa shape index (κ2) is 8.99. The zero-order valence-electron chi connectivity index (χ0n) is 17.4. The van der Waals surface area contributed by atoms with E-state index in [1.165, 1.54) is 0 Å². The van der Waals surface area contributed by atoms with E-state index in [1.807, 2.05) is 50.2 Å². The average molecular weight is 396 g/mol. The van der Waals surface area contributed by atoms with Crippen molar-refractivity contribution in [2.75, 3.05) is 26.1 Å². The first kappa shape index (κ1) is 20.7. The first-order chi connectivity index (χ1) is 13.9. The number of carbonyl (C=O) groups excluding carboxylic acids is 2. The molecule has 6 nitrogen and oxygen atoms in total. The molecule has 0 aromatic heterocycles. The van der Waals surface area contributed by atoms with E-state index in [9.17, 15) is 9.59 Å². The fourth-order valence-corrected chi connectivity index (χ4v) is 3.45. The number of rotatable bonds is 8. The predicted octanol–water partition coefficient (Wildman–Crippen LogP) is 3.25. The molecule has 2 unspecified atom stereocenters. The molecule has 2 aromatic rings. The Morgan fingerprint density at radius 1 is 0.966 bits per heavy atom. The van der Waals surface area contributed by atoms with E-state index in [-0.39, 0.29) is 23.7 Å². The molecule has 0 saturated heterocycles. The Bertz CT molecular complexity index is 910. The summed E-state index contributed by atoms with van der Waals surface area (Å²) in [5.41, 5.74) is 4.02. The van der Waals surface area contributed by atoms with Gasteiger partial charge in [0, 0.05) is 12.2 Å². The molecule has 1 fully saturated rings. The Morgan fingerprint density at radius 2 is 1.69 bits per heavy atom. The first-order valence-electron chi connectivity index (χ1n) is 9.79. The fraction of sp³-hybridized carbons (Fsp3) is 0.391. The Labute approximate surface area is 171 Å². The fourth-order valence-electron chi connectivity index (χ4n) is 3.45. The van der Waals surface area contributed by atoms with Gasteiger partial charge in [-0.2, -0.15) is 0 Å². The lowest BCUT2D eigenvalue weighted by Crippen LogP contribution is -2.29. The maximum Gasteiger partial charge on any atom is 0.228 e. The van der Waals surface area contributed by atoms with Crippen molar-refractivity contribution in [3.05, 3.63) is 53.1 Å². The minimum atomic E-state index is -0.253. The Morgan fingerprint density at radius 3 is 2.38 bits per heavy atom. The number of ether oxygens (including phenoxy) is 2. The van der Waals surface area contributed by atoms with Crippen LogP contribution in [0.4, 0.5) is 5.69 Å². The topological polar surface area (TPSA) is 76.7 Å². The molecule has 2 N–H and O–H groups in total. The molecule has 2 atom stereocenters. The van der Waals surface area contributed by atoms with Crippen LogP contribution in [0.3, 0.4) is 0 Å². The predicted molar refractivity (Wildman–Crippen MR) is 112 cm³/mol. The second-order valence-electron chi connectivity index (χ2n) is 7.49. The van der Waals surface area contributed by atoms with Gasteiger partial charge in [0.15, 0.2) is 11.5 Å². The number of anilines is 1. The Kier molecular flexibility index (Phi) is 6.42. The first-order valence-corrected chi connectivity index (χ1v) is 9.79. The molecule has 1 aliphatic carbocycles. The van der Waals surface area contributed by atoms with Crippen LogP contribution in [0.15, 0.2) is 36.4 Å². The van der Waals surface area contributed by atoms with Crippen LogP contribution in [0.1, 0.15) is 23.1 Å². The lowest BCUT2D eigenvalue weighted by atomic mass is 10.1. The van der Waals surface area contributed by atoms with Gasteiger partial charge in [-0.3, -0.25) is 9.59 Å². The summed E-state index contributed by atoms with van der Waals surface area (Å²) < 4.78 is 10.5. The van der Waals surface area contributed by atoms with Crippen molar-refractivity contribution in [1.82, 2.24) is 5.32 Å². The molecule has 2 amide bonds. The van der Waals surface area contributed by atoms with Crippen molar-refractivity contribution in [2.45, 2.75) is 26.7 Å². The maximum atomic E-state index is 12.4. The zero-order valence-corrected chi connectivity index (χ0v) is 17.4. The molecule has 1 saturated carbocycles. The lowest BCUT2D eigenvalue weighted by Gasteiger charge is -2.10. The number of nitrogens with one attached hydrogen (secondary N) is 2. The number of carbonyl (C=O) groups is 2. The molecule has 0 spiro atoms. The van der Waals surface area contributed by atoms with Crippen LogP contribution < -0.4 is 20.1 Å². The normalized spacial score (nSPS) is 17.4. The summed E-state index contributed by atoms with van der Waals surface area (Å²) >= 11 is 0. The van der Waals surface area contributed by atoms with E-state index in [2.05, 4.69) is 10.6 Å². The third-order valence-corrected chi connectivity index (χ3v) is 5.26. The quantitative estimate of drug-likeness (QED) is 0.718. The number of hydrogen-bond donors (Lipinski definition) is 2. The van der Waals surface area contributed by atoms with Crippen LogP contribution in [0.25, 0.3) is 0 Å². The summed E-state index contributed by atoms with van der Waals surface area (Å²) in [5.74, 6) is 0.698. The number of methoxy groups -OCH3 is 2. The van der Waals surface area contributed by atoms with Crippen LogP contribution in [0.2, 0.25) is 0 Å². The van der Waals surface area contributed by atoms with Crippen LogP contribution >= 0.6 is 0 Å². The van der Waals surface area contributed by atoms with Gasteiger partial charge in [-0.25, -0.2) is 0 Å². The van der Waals surface area contributed by atoms with Crippen molar-refractivity contribution in [2.24, 2.45) is 11.8 Å². The van der Waals surface area contributed by atoms with Gasteiger partial charge in [0.1, 0.15) is 0 Å². The van der Waals surface area contributed by atoms with Gasteiger partial charge in [0.25, 0.3) is 0 Å². The monoisotopic (exact) mass is 396 g/mol. The van der Waals surface area contributed by atoms with Crippen LogP contribution in [0.5, 0.6) is 11.5 Å². The van der Waals surface area contributed by atoms with Crippen LogP contribution in [-0.2, 0) is 16.0 Å². The van der Waals surface area contributed by atoms with E-state index in [1.54, 1.807) is 14.2 Å². The van der Waals surface area contributed by atoms with E-state index >= 15 is 0 Å². The van der Waals surface area contributed by atoms with Gasteiger partial charge < -0.3 is 20.1 Å². The standard InChI is InChI=1S/C23H28N2O4/c1-14-5-7-19(15(2)11-14)25-23(27)18-13-17(18)22(26)24-10-9-16-6-8-20(28-3)21(12-16)29-4/h5-8,11-12,17-18H,9-10,13H2,1-4H3,(H,24,26)(H,25,27). The zero-order chi connectivity index (χ0) is 21.0. The van der Waals surface area contributed by atoms with Crippen molar-refractivity contribution in [3.8, 4) is 11.5 Å². The van der Waals surface area contributed by atoms with Crippen molar-refractivity contribution < 1.29 is 19.1 Å². The van der Waals surface area contributed by atoms with Crippen molar-refractivity contribution >= 4 is 17.5 Å². The molecule has 2 aromatic carbocycles. The highest BCUT2D eigenvalue weighted by Crippen LogP contribution is 2.39. The third kappa shape index (κ3) is 5.08. The van der Waals surface area contributed by atoms with Gasteiger partial charge in [-0.1, -0.05) is 23.8 Å². The lowest BCUT2D eigenvalue weighted by molar-refractivity contribution is -0.125. The molecule has 0 heterocycles. The average Bonchev–Trinajstić information content (AvgIpc) is 3.51. The van der Waals surface area contributed by atoms with Crippen molar-refractivity contribution in [3.63, 3.8) is 0 Å². The minimum absolute atomic E-state index is 0.0637. The Balaban J connectivity index is 1.46. The van der Waals surface area contributed by atoms with Crippen LogP contribution in [-0.4, -0.2) is 32.6 Å². The van der Waals surface area contributed by atoms with Gasteiger partial charge in [-0.15, -0.1) is 0 Å². The molecule has 0 aliphatic heterocycles. The summed E-state index contributed by atoms with van der Waals surface area (Å²) in [4.78, 5) is 24.8. The molecule has 29 heavy (non-hydrogen) atoms. The van der Waals surface area contributed by atoms with E-state index in [0.717, 1.165) is 22.4 Å². The van der Waals surface area contributed by atoms with Gasteiger partial charge >= 0.3 is 0 Å². The summed E-state index contributed by atoms with van der Waals surface area (Å²) in [6, 6.07) is 11.6. The highest BCUT2D eigenvalue weighted by molar-refractivity contribution is 5.99. The molecular formula is C23H28N2O4. The van der Waals surface area contributed by atoms with Gasteiger partial charge in [0.05, 0.1) is 26.1 Å². The van der Waals surface area contributed by atoms with E-state index in [0.29, 0.717) is 30.9 Å². The summed E-state index contributed by atoms with van der Waals surface area (Å²) in [5, 5.41) is 5.88. The minimum Gasteiger partial charge on any atom is -0.493 e. The summed E-state index contributed by atoms with van der Waals surface area (Å²) in [7, 11) is 3.19. The molecule has 1 aliphatic rings. The van der Waals surface area contributed by atoms with E-state index < -0.39 is 0 Å². The highest BCUT2D eigenvalue weighted by atomic mass is 16.5. The summed E-state index contributed by atoms with van der Waals surface area (Å²) in [6.07, 6.45) is 1.27. The largest absolute Gasteiger partial charge is 0.493 e. The number of hydrogen-bond acceptors (Lipinski definition) is 4. The number of aryl methyl sites for hydroxylation is 2. The molecule has 154 valence electrons. The van der Waals surface area contributed by atoms with Crippen molar-refractivity contribution in [1.29, 1.82) is 0 Å². The number of amides is 2. The highest BCUT2D eigenvalue weighted by Gasteiger charge is 2.47. The molecular weight excluding hydrogens is 368 g/mol. The van der Waals surface area contributed by atoms with Gasteiger partial charge in [0.2, 0.25) is 11.8 Å². The smallest absolute Gasteiger partial charge is 0.228 e. The molecule has 0 radical (unpaired) electrons. The third-order valence-electron chi connectivity index (χ3n) is 5.26. The molecule has 6 heteroatoms. The van der Waals surface area contributed by atoms with Gasteiger partial charge in [-0.05, 0) is 56.0 Å². The Hall–Kier alpha value is -3.02.